The monoisotopic (exact) mass is 294 g/mol. The second-order valence-corrected chi connectivity index (χ2v) is 4.43. The number of aliphatic carboxylic acids is 2. The minimum atomic E-state index is -1.13. The number of carbonyl (C=O) groups is 2. The Labute approximate surface area is 118 Å². The van der Waals surface area contributed by atoms with E-state index >= 15 is 0 Å². The highest BCUT2D eigenvalue weighted by Crippen LogP contribution is 1.96. The van der Waals surface area contributed by atoms with E-state index in [-0.39, 0.29) is 18.8 Å². The highest BCUT2D eigenvalue weighted by Gasteiger charge is 2.14. The van der Waals surface area contributed by atoms with Gasteiger partial charge >= 0.3 is 17.6 Å². The highest BCUT2D eigenvalue weighted by atomic mass is 16.4. The number of rotatable bonds is 7. The number of hydrogen-bond acceptors (Lipinski definition) is 5. The normalized spacial score (nSPS) is 11.1. The van der Waals surface area contributed by atoms with Gasteiger partial charge in [0, 0.05) is 12.7 Å². The molecule has 0 bridgehead atoms. The van der Waals surface area contributed by atoms with E-state index in [9.17, 15) is 14.4 Å². The molecule has 0 atom stereocenters. The van der Waals surface area contributed by atoms with Crippen LogP contribution in [0.4, 0.5) is 0 Å². The quantitative estimate of drug-likeness (QED) is 0.670. The summed E-state index contributed by atoms with van der Waals surface area (Å²) in [7, 11) is 0. The van der Waals surface area contributed by atoms with Gasteiger partial charge in [-0.1, -0.05) is 6.07 Å². The molecule has 9 heteroatoms. The van der Waals surface area contributed by atoms with Crippen molar-refractivity contribution < 1.29 is 19.8 Å². The molecule has 112 valence electrons. The molecule has 0 spiro atoms. The summed E-state index contributed by atoms with van der Waals surface area (Å²) >= 11 is 0. The first-order chi connectivity index (χ1) is 9.97. The maximum atomic E-state index is 12.0. The Hall–Kier alpha value is -2.68. The number of aromatic nitrogens is 3. The molecule has 0 fully saturated rings. The van der Waals surface area contributed by atoms with E-state index in [0.717, 1.165) is 0 Å². The first kappa shape index (κ1) is 14.7. The van der Waals surface area contributed by atoms with E-state index in [4.69, 9.17) is 10.2 Å². The Morgan fingerprint density at radius 1 is 1.19 bits per heavy atom. The van der Waals surface area contributed by atoms with Crippen molar-refractivity contribution >= 4 is 17.6 Å². The van der Waals surface area contributed by atoms with E-state index in [1.165, 1.54) is 14.0 Å². The molecule has 2 N–H and O–H groups in total. The van der Waals surface area contributed by atoms with Gasteiger partial charge in [-0.25, -0.2) is 9.48 Å². The van der Waals surface area contributed by atoms with Crippen LogP contribution >= 0.6 is 0 Å². The van der Waals surface area contributed by atoms with E-state index in [1.54, 1.807) is 24.4 Å². The Morgan fingerprint density at radius 2 is 1.86 bits per heavy atom. The fraction of sp³-hybridized carbons (Fsp3) is 0.333. The molecule has 0 radical (unpaired) electrons. The number of carboxylic acid groups (broad SMARTS) is 2. The molecule has 2 aromatic heterocycles. The van der Waals surface area contributed by atoms with E-state index in [1.807, 2.05) is 0 Å². The average molecular weight is 294 g/mol. The maximum Gasteiger partial charge on any atom is 0.350 e. The zero-order valence-corrected chi connectivity index (χ0v) is 11.0. The van der Waals surface area contributed by atoms with Gasteiger partial charge in [0.15, 0.2) is 5.65 Å². The van der Waals surface area contributed by atoms with E-state index in [0.29, 0.717) is 5.65 Å². The number of nitrogens with zero attached hydrogens (tertiary/aromatic N) is 4. The molecule has 9 nitrogen and oxygen atoms in total. The van der Waals surface area contributed by atoms with Crippen molar-refractivity contribution in [3.63, 3.8) is 0 Å². The lowest BCUT2D eigenvalue weighted by Crippen LogP contribution is -2.38. The SMILES string of the molecule is O=C(O)CN(CCn1nc2ccccn2c1=O)CC(=O)O. The molecular formula is C12H14N4O5. The van der Waals surface area contributed by atoms with Crippen molar-refractivity contribution in [1.29, 1.82) is 0 Å². The number of hydrogen-bond donors (Lipinski definition) is 2. The molecule has 0 aliphatic heterocycles. The van der Waals surface area contributed by atoms with Crippen LogP contribution in [-0.4, -0.2) is 60.9 Å². The van der Waals surface area contributed by atoms with Gasteiger partial charge in [-0.05, 0) is 12.1 Å². The van der Waals surface area contributed by atoms with Gasteiger partial charge in [-0.2, -0.15) is 0 Å². The Bertz CT molecular complexity index is 704. The number of carboxylic acids is 2. The minimum Gasteiger partial charge on any atom is -0.480 e. The van der Waals surface area contributed by atoms with Crippen LogP contribution in [0.25, 0.3) is 5.65 Å². The molecular weight excluding hydrogens is 280 g/mol. The zero-order chi connectivity index (χ0) is 15.4. The fourth-order valence-electron chi connectivity index (χ4n) is 1.95. The van der Waals surface area contributed by atoms with Crippen molar-refractivity contribution in [3.05, 3.63) is 34.9 Å². The van der Waals surface area contributed by atoms with Gasteiger partial charge in [0.05, 0.1) is 19.6 Å². The summed E-state index contributed by atoms with van der Waals surface area (Å²) in [6.07, 6.45) is 1.58. The Balaban J connectivity index is 2.11. The first-order valence-corrected chi connectivity index (χ1v) is 6.17. The molecule has 0 aliphatic carbocycles. The average Bonchev–Trinajstić information content (AvgIpc) is 2.72. The number of pyridine rings is 1. The summed E-state index contributed by atoms with van der Waals surface area (Å²) in [6.45, 7) is -0.605. The summed E-state index contributed by atoms with van der Waals surface area (Å²) in [5, 5.41) is 21.6. The summed E-state index contributed by atoms with van der Waals surface area (Å²) in [6, 6.07) is 5.11. The van der Waals surface area contributed by atoms with Crippen LogP contribution in [0.5, 0.6) is 0 Å². The molecule has 2 heterocycles. The van der Waals surface area contributed by atoms with Gasteiger partial charge in [-0.15, -0.1) is 5.10 Å². The molecule has 0 unspecified atom stereocenters. The predicted molar refractivity (Wildman–Crippen MR) is 71.2 cm³/mol. The zero-order valence-electron chi connectivity index (χ0n) is 11.0. The smallest absolute Gasteiger partial charge is 0.350 e. The molecule has 0 amide bonds. The lowest BCUT2D eigenvalue weighted by Gasteiger charge is -2.17. The summed E-state index contributed by atoms with van der Waals surface area (Å²) < 4.78 is 2.55. The van der Waals surface area contributed by atoms with Gasteiger partial charge in [0.2, 0.25) is 0 Å². The van der Waals surface area contributed by atoms with Crippen molar-refractivity contribution in [1.82, 2.24) is 19.1 Å². The number of fused-ring (bicyclic) bond motifs is 1. The third-order valence-corrected chi connectivity index (χ3v) is 2.83. The van der Waals surface area contributed by atoms with Gasteiger partial charge in [-0.3, -0.25) is 18.9 Å². The van der Waals surface area contributed by atoms with Crippen molar-refractivity contribution in [3.8, 4) is 0 Å². The van der Waals surface area contributed by atoms with Crippen LogP contribution in [0.2, 0.25) is 0 Å². The van der Waals surface area contributed by atoms with Crippen LogP contribution in [0.3, 0.4) is 0 Å². The minimum absolute atomic E-state index is 0.0996. The molecule has 0 aliphatic rings. The molecule has 0 saturated heterocycles. The summed E-state index contributed by atoms with van der Waals surface area (Å²) in [5.74, 6) is -2.25. The molecule has 0 aromatic carbocycles. The Kier molecular flexibility index (Phi) is 4.33. The van der Waals surface area contributed by atoms with Crippen molar-refractivity contribution in [2.75, 3.05) is 19.6 Å². The third-order valence-electron chi connectivity index (χ3n) is 2.83. The van der Waals surface area contributed by atoms with Crippen LogP contribution in [0, 0.1) is 0 Å². The third kappa shape index (κ3) is 3.66. The van der Waals surface area contributed by atoms with E-state index < -0.39 is 25.0 Å². The van der Waals surface area contributed by atoms with Crippen molar-refractivity contribution in [2.24, 2.45) is 0 Å². The summed E-state index contributed by atoms with van der Waals surface area (Å²) in [5.41, 5.74) is 0.127. The Morgan fingerprint density at radius 3 is 2.43 bits per heavy atom. The molecule has 2 rings (SSSR count). The highest BCUT2D eigenvalue weighted by molar-refractivity contribution is 5.72. The topological polar surface area (TPSA) is 117 Å². The maximum absolute atomic E-state index is 12.0. The second kappa shape index (κ2) is 6.18. The lowest BCUT2D eigenvalue weighted by molar-refractivity contribution is -0.141. The van der Waals surface area contributed by atoms with Gasteiger partial charge < -0.3 is 10.2 Å². The molecule has 21 heavy (non-hydrogen) atoms. The molecule has 0 saturated carbocycles. The predicted octanol–water partition coefficient (Wildman–Crippen LogP) is -1.03. The van der Waals surface area contributed by atoms with Crippen molar-refractivity contribution in [2.45, 2.75) is 6.54 Å². The molecule has 2 aromatic rings. The van der Waals surface area contributed by atoms with Crippen LogP contribution < -0.4 is 5.69 Å². The van der Waals surface area contributed by atoms with Gasteiger partial charge in [0.25, 0.3) is 0 Å². The van der Waals surface area contributed by atoms with E-state index in [2.05, 4.69) is 5.10 Å². The standard InChI is InChI=1S/C12H14N4O5/c17-10(18)7-14(8-11(19)20)5-6-16-12(21)15-4-2-1-3-9(15)13-16/h1-4H,5-8H2,(H,17,18)(H,19,20). The first-order valence-electron chi connectivity index (χ1n) is 6.17. The van der Waals surface area contributed by atoms with Gasteiger partial charge in [0.1, 0.15) is 0 Å². The van der Waals surface area contributed by atoms with Crippen LogP contribution in [-0.2, 0) is 16.1 Å². The lowest BCUT2D eigenvalue weighted by atomic mass is 10.4. The second-order valence-electron chi connectivity index (χ2n) is 4.43. The summed E-state index contributed by atoms with van der Waals surface area (Å²) in [4.78, 5) is 34.6. The largest absolute Gasteiger partial charge is 0.480 e. The fourth-order valence-corrected chi connectivity index (χ4v) is 1.95. The van der Waals surface area contributed by atoms with Crippen LogP contribution in [0.1, 0.15) is 0 Å². The van der Waals surface area contributed by atoms with Crippen LogP contribution in [0.15, 0.2) is 29.2 Å².